The molecule has 0 N–H and O–H groups in total. The molecule has 3 nitrogen and oxygen atoms in total. The van der Waals surface area contributed by atoms with Crippen LogP contribution >= 0.6 is 15.9 Å². The molecule has 4 heteroatoms. The van der Waals surface area contributed by atoms with Crippen molar-refractivity contribution >= 4 is 15.9 Å². The fourth-order valence-corrected chi connectivity index (χ4v) is 1.06. The van der Waals surface area contributed by atoms with E-state index in [0.717, 1.165) is 0 Å². The summed E-state index contributed by atoms with van der Waals surface area (Å²) in [6.07, 6.45) is 4.50. The van der Waals surface area contributed by atoms with Gasteiger partial charge in [0.1, 0.15) is 0 Å². The van der Waals surface area contributed by atoms with Crippen LogP contribution in [0.25, 0.3) is 0 Å². The molecule has 0 aliphatic rings. The summed E-state index contributed by atoms with van der Waals surface area (Å²) in [5, 5.41) is 10.3. The number of nitrogens with zero attached hydrogens (tertiary/aromatic N) is 1. The Labute approximate surface area is 73.4 Å². The van der Waals surface area contributed by atoms with Crippen LogP contribution in [0.15, 0.2) is 35.0 Å². The van der Waals surface area contributed by atoms with Gasteiger partial charge in [-0.3, -0.25) is 10.1 Å². The van der Waals surface area contributed by atoms with Gasteiger partial charge in [-0.05, 0) is 28.9 Å². The van der Waals surface area contributed by atoms with E-state index in [0.29, 0.717) is 4.48 Å². The normalized spacial score (nSPS) is 12.9. The highest BCUT2D eigenvalue weighted by atomic mass is 79.9. The first-order valence-electron chi connectivity index (χ1n) is 2.92. The first-order valence-corrected chi connectivity index (χ1v) is 3.72. The Morgan fingerprint density at radius 2 is 2.27 bits per heavy atom. The minimum Gasteiger partial charge on any atom is -0.258 e. The highest BCUT2D eigenvalue weighted by Gasteiger charge is 2.08. The van der Waals surface area contributed by atoms with Crippen molar-refractivity contribution < 1.29 is 4.92 Å². The second-order valence-electron chi connectivity index (χ2n) is 1.69. The van der Waals surface area contributed by atoms with Crippen molar-refractivity contribution in [2.75, 3.05) is 0 Å². The zero-order chi connectivity index (χ0) is 8.85. The smallest absolute Gasteiger partial charge is 0.258 e. The summed E-state index contributed by atoms with van der Waals surface area (Å²) in [6.45, 7) is 5.10. The lowest BCUT2D eigenvalue weighted by Crippen LogP contribution is -1.95. The highest BCUT2D eigenvalue weighted by Crippen LogP contribution is 2.14. The molecule has 0 saturated carbocycles. The maximum atomic E-state index is 10.3. The molecule has 0 spiro atoms. The minimum atomic E-state index is -0.489. The van der Waals surface area contributed by atoms with Gasteiger partial charge >= 0.3 is 0 Å². The monoisotopic (exact) mass is 217 g/mol. The second kappa shape index (κ2) is 4.85. The van der Waals surface area contributed by atoms with Gasteiger partial charge in [-0.25, -0.2) is 0 Å². The molecule has 0 aromatic heterocycles. The Balaban J connectivity index is 4.82. The van der Waals surface area contributed by atoms with Crippen LogP contribution in [0.3, 0.4) is 0 Å². The summed E-state index contributed by atoms with van der Waals surface area (Å²) in [5.41, 5.74) is -0.0249. The van der Waals surface area contributed by atoms with E-state index < -0.39 is 4.92 Å². The molecule has 0 aliphatic carbocycles. The van der Waals surface area contributed by atoms with Gasteiger partial charge in [-0.15, -0.1) is 0 Å². The lowest BCUT2D eigenvalue weighted by molar-refractivity contribution is -0.419. The van der Waals surface area contributed by atoms with E-state index in [-0.39, 0.29) is 5.70 Å². The molecule has 0 heterocycles. The molecule has 0 rings (SSSR count). The SMILES string of the molecule is C=C/C(=C(Br)\C=C/C)[N+](=O)[O-]. The van der Waals surface area contributed by atoms with Crippen LogP contribution in [0, 0.1) is 10.1 Å². The minimum absolute atomic E-state index is 0.0249. The van der Waals surface area contributed by atoms with Gasteiger partial charge in [0, 0.05) is 6.08 Å². The van der Waals surface area contributed by atoms with E-state index in [2.05, 4.69) is 22.5 Å². The topological polar surface area (TPSA) is 43.1 Å². The van der Waals surface area contributed by atoms with Crippen LogP contribution in [0.1, 0.15) is 6.92 Å². The first-order chi connectivity index (χ1) is 5.13. The van der Waals surface area contributed by atoms with E-state index in [1.807, 2.05) is 0 Å². The van der Waals surface area contributed by atoms with Gasteiger partial charge in [0.15, 0.2) is 0 Å². The third kappa shape index (κ3) is 3.13. The van der Waals surface area contributed by atoms with Gasteiger partial charge in [-0.1, -0.05) is 12.7 Å². The number of halogens is 1. The lowest BCUT2D eigenvalue weighted by atomic mass is 10.4. The summed E-state index contributed by atoms with van der Waals surface area (Å²) in [5.74, 6) is 0. The van der Waals surface area contributed by atoms with Gasteiger partial charge in [0.2, 0.25) is 0 Å². The fourth-order valence-electron chi connectivity index (χ4n) is 0.491. The molecule has 0 fully saturated rings. The van der Waals surface area contributed by atoms with Gasteiger partial charge in [0.25, 0.3) is 5.70 Å². The van der Waals surface area contributed by atoms with Crippen LogP contribution in [-0.2, 0) is 0 Å². The number of nitro groups is 1. The van der Waals surface area contributed by atoms with Crippen LogP contribution in [0.4, 0.5) is 0 Å². The second-order valence-corrected chi connectivity index (χ2v) is 2.55. The van der Waals surface area contributed by atoms with E-state index in [1.54, 1.807) is 19.1 Å². The van der Waals surface area contributed by atoms with Crippen LogP contribution in [0.2, 0.25) is 0 Å². The molecular formula is C7H8BrNO2. The summed E-state index contributed by atoms with van der Waals surface area (Å²) in [6, 6.07) is 0. The van der Waals surface area contributed by atoms with Crippen LogP contribution < -0.4 is 0 Å². The number of allylic oxidation sites excluding steroid dienone is 4. The van der Waals surface area contributed by atoms with Crippen molar-refractivity contribution in [1.82, 2.24) is 0 Å². The molecule has 0 radical (unpaired) electrons. The standard InChI is InChI=1S/C7H8BrNO2/c1-3-5-6(8)7(4-2)9(10)11/h3-5H,2H2,1H3/b5-3-,7-6-. The number of hydrogen-bond acceptors (Lipinski definition) is 2. The predicted molar refractivity (Wildman–Crippen MR) is 48.0 cm³/mol. The molecule has 0 unspecified atom stereocenters. The summed E-state index contributed by atoms with van der Waals surface area (Å²) in [7, 11) is 0. The number of rotatable bonds is 3. The molecule has 0 saturated heterocycles. The zero-order valence-electron chi connectivity index (χ0n) is 6.08. The average molecular weight is 218 g/mol. The Morgan fingerprint density at radius 3 is 2.55 bits per heavy atom. The molecule has 0 bridgehead atoms. The van der Waals surface area contributed by atoms with Gasteiger partial charge in [-0.2, -0.15) is 0 Å². The zero-order valence-corrected chi connectivity index (χ0v) is 7.67. The molecule has 60 valence electrons. The van der Waals surface area contributed by atoms with E-state index in [9.17, 15) is 10.1 Å². The molecule has 0 aromatic rings. The number of hydrogen-bond donors (Lipinski definition) is 0. The molecule has 0 aliphatic heterocycles. The van der Waals surface area contributed by atoms with Gasteiger partial charge in [0.05, 0.1) is 9.41 Å². The van der Waals surface area contributed by atoms with Crippen molar-refractivity contribution in [1.29, 1.82) is 0 Å². The molecule has 0 atom stereocenters. The van der Waals surface area contributed by atoms with Gasteiger partial charge < -0.3 is 0 Å². The Hall–Kier alpha value is -0.900. The van der Waals surface area contributed by atoms with E-state index in [1.165, 1.54) is 6.08 Å². The van der Waals surface area contributed by atoms with Crippen molar-refractivity contribution in [3.8, 4) is 0 Å². The average Bonchev–Trinajstić information content (AvgIpc) is 1.88. The van der Waals surface area contributed by atoms with Crippen molar-refractivity contribution in [2.24, 2.45) is 0 Å². The fraction of sp³-hybridized carbons (Fsp3) is 0.143. The molecule has 11 heavy (non-hydrogen) atoms. The Bertz CT molecular complexity index is 231. The maximum absolute atomic E-state index is 10.3. The first kappa shape index (κ1) is 10.1. The van der Waals surface area contributed by atoms with E-state index >= 15 is 0 Å². The third-order valence-corrected chi connectivity index (χ3v) is 1.62. The summed E-state index contributed by atoms with van der Waals surface area (Å²) >= 11 is 3.05. The molecule has 0 aromatic carbocycles. The Morgan fingerprint density at radius 1 is 1.73 bits per heavy atom. The van der Waals surface area contributed by atoms with E-state index in [4.69, 9.17) is 0 Å². The maximum Gasteiger partial charge on any atom is 0.282 e. The summed E-state index contributed by atoms with van der Waals surface area (Å²) in [4.78, 5) is 9.77. The predicted octanol–water partition coefficient (Wildman–Crippen LogP) is 2.63. The van der Waals surface area contributed by atoms with Crippen molar-refractivity contribution in [3.05, 3.63) is 45.1 Å². The quantitative estimate of drug-likeness (QED) is 0.415. The molecular weight excluding hydrogens is 210 g/mol. The Kier molecular flexibility index (Phi) is 4.45. The van der Waals surface area contributed by atoms with Crippen molar-refractivity contribution in [3.63, 3.8) is 0 Å². The van der Waals surface area contributed by atoms with Crippen LogP contribution in [0.5, 0.6) is 0 Å². The van der Waals surface area contributed by atoms with Crippen molar-refractivity contribution in [2.45, 2.75) is 6.92 Å². The molecule has 0 amide bonds. The third-order valence-electron chi connectivity index (χ3n) is 0.948. The highest BCUT2D eigenvalue weighted by molar-refractivity contribution is 9.11. The largest absolute Gasteiger partial charge is 0.282 e. The van der Waals surface area contributed by atoms with Crippen LogP contribution in [-0.4, -0.2) is 4.92 Å². The lowest BCUT2D eigenvalue weighted by Gasteiger charge is -1.91. The summed E-state index contributed by atoms with van der Waals surface area (Å²) < 4.78 is 0.431.